The predicted molar refractivity (Wildman–Crippen MR) is 69.8 cm³/mol. The molecule has 0 amide bonds. The van der Waals surface area contributed by atoms with Crippen molar-refractivity contribution in [1.82, 2.24) is 15.1 Å². The van der Waals surface area contributed by atoms with Crippen LogP contribution < -0.4 is 10.6 Å². The van der Waals surface area contributed by atoms with Gasteiger partial charge >= 0.3 is 6.18 Å². The van der Waals surface area contributed by atoms with Gasteiger partial charge in [0, 0.05) is 13.5 Å². The molecular formula is C12H14F3N5O. The van der Waals surface area contributed by atoms with Gasteiger partial charge in [-0.25, -0.2) is 4.98 Å². The quantitative estimate of drug-likeness (QED) is 0.884. The van der Waals surface area contributed by atoms with Gasteiger partial charge in [0.1, 0.15) is 11.6 Å². The number of aromatic nitrogens is 3. The van der Waals surface area contributed by atoms with Crippen LogP contribution in [0.4, 0.5) is 24.8 Å². The van der Waals surface area contributed by atoms with E-state index in [2.05, 4.69) is 25.8 Å². The first kappa shape index (κ1) is 15.1. The third-order valence-electron chi connectivity index (χ3n) is 2.51. The van der Waals surface area contributed by atoms with Crippen molar-refractivity contribution in [2.75, 3.05) is 17.2 Å². The average Bonchev–Trinajstić information content (AvgIpc) is 2.81. The van der Waals surface area contributed by atoms with E-state index in [0.717, 1.165) is 12.1 Å². The van der Waals surface area contributed by atoms with Gasteiger partial charge in [-0.15, -0.1) is 0 Å². The van der Waals surface area contributed by atoms with Crippen molar-refractivity contribution in [2.45, 2.75) is 26.6 Å². The Hall–Kier alpha value is -2.32. The highest BCUT2D eigenvalue weighted by Gasteiger charge is 2.31. The van der Waals surface area contributed by atoms with E-state index in [-0.39, 0.29) is 18.2 Å². The first-order chi connectivity index (χ1) is 9.88. The number of anilines is 2. The van der Waals surface area contributed by atoms with Gasteiger partial charge in [0.05, 0.1) is 12.1 Å². The number of pyridine rings is 1. The number of aryl methyl sites for hydroxylation is 1. The highest BCUT2D eigenvalue weighted by Crippen LogP contribution is 2.32. The number of nitrogens with one attached hydrogen (secondary N) is 2. The van der Waals surface area contributed by atoms with E-state index in [1.807, 2.05) is 0 Å². The summed E-state index contributed by atoms with van der Waals surface area (Å²) in [5, 5.41) is 9.16. The molecule has 2 aromatic rings. The van der Waals surface area contributed by atoms with Crippen LogP contribution in [0.15, 0.2) is 16.7 Å². The zero-order valence-electron chi connectivity index (χ0n) is 11.5. The van der Waals surface area contributed by atoms with Gasteiger partial charge in [-0.3, -0.25) is 0 Å². The van der Waals surface area contributed by atoms with Gasteiger partial charge in [-0.1, -0.05) is 5.16 Å². The van der Waals surface area contributed by atoms with Crippen LogP contribution in [0.1, 0.15) is 24.2 Å². The third-order valence-corrected chi connectivity index (χ3v) is 2.51. The van der Waals surface area contributed by atoms with E-state index >= 15 is 0 Å². The molecule has 0 saturated carbocycles. The Bertz CT molecular complexity index is 611. The number of hydrogen-bond donors (Lipinski definition) is 2. The Morgan fingerprint density at radius 2 is 1.81 bits per heavy atom. The van der Waals surface area contributed by atoms with Crippen LogP contribution in [-0.2, 0) is 12.7 Å². The lowest BCUT2D eigenvalue weighted by Gasteiger charge is -2.12. The summed E-state index contributed by atoms with van der Waals surface area (Å²) < 4.78 is 43.3. The highest BCUT2D eigenvalue weighted by atomic mass is 19.4. The SMILES string of the molecule is CCNc1cc(C(F)(F)F)cc(NCc2noc(C)n2)n1. The molecule has 0 atom stereocenters. The van der Waals surface area contributed by atoms with Crippen LogP contribution in [0.5, 0.6) is 0 Å². The maximum Gasteiger partial charge on any atom is 0.416 e. The molecule has 0 aliphatic heterocycles. The van der Waals surface area contributed by atoms with E-state index < -0.39 is 11.7 Å². The summed E-state index contributed by atoms with van der Waals surface area (Å²) in [7, 11) is 0. The number of alkyl halides is 3. The summed E-state index contributed by atoms with van der Waals surface area (Å²) in [6.45, 7) is 3.99. The summed E-state index contributed by atoms with van der Waals surface area (Å²) in [5.41, 5.74) is -0.778. The third kappa shape index (κ3) is 4.07. The molecule has 2 aromatic heterocycles. The van der Waals surface area contributed by atoms with Crippen molar-refractivity contribution in [2.24, 2.45) is 0 Å². The van der Waals surface area contributed by atoms with Gasteiger partial charge < -0.3 is 15.2 Å². The number of halogens is 3. The fourth-order valence-electron chi connectivity index (χ4n) is 1.64. The van der Waals surface area contributed by atoms with Gasteiger partial charge in [0.15, 0.2) is 5.82 Å². The molecule has 0 radical (unpaired) electrons. The standard InChI is InChI=1S/C12H14F3N5O/c1-3-16-9-4-8(12(13,14)15)5-10(19-9)17-6-11-18-7(2)21-20-11/h4-5H,3,6H2,1-2H3,(H2,16,17,19). The van der Waals surface area contributed by atoms with Crippen molar-refractivity contribution < 1.29 is 17.7 Å². The average molecular weight is 301 g/mol. The predicted octanol–water partition coefficient (Wildman–Crippen LogP) is 2.84. The molecule has 21 heavy (non-hydrogen) atoms. The van der Waals surface area contributed by atoms with E-state index in [4.69, 9.17) is 4.52 Å². The van der Waals surface area contributed by atoms with Crippen LogP contribution in [0, 0.1) is 6.92 Å². The second-order valence-electron chi connectivity index (χ2n) is 4.24. The molecule has 6 nitrogen and oxygen atoms in total. The maximum atomic E-state index is 12.8. The lowest BCUT2D eigenvalue weighted by atomic mass is 10.2. The molecule has 0 fully saturated rings. The molecule has 2 heterocycles. The van der Waals surface area contributed by atoms with Crippen molar-refractivity contribution in [1.29, 1.82) is 0 Å². The highest BCUT2D eigenvalue weighted by molar-refractivity contribution is 5.49. The number of rotatable bonds is 5. The zero-order chi connectivity index (χ0) is 15.5. The maximum absolute atomic E-state index is 12.8. The molecule has 9 heteroatoms. The van der Waals surface area contributed by atoms with Gasteiger partial charge in [0.25, 0.3) is 0 Å². The Balaban J connectivity index is 2.19. The fourth-order valence-corrected chi connectivity index (χ4v) is 1.64. The van der Waals surface area contributed by atoms with Crippen LogP contribution in [0.2, 0.25) is 0 Å². The van der Waals surface area contributed by atoms with Crippen molar-refractivity contribution in [3.63, 3.8) is 0 Å². The summed E-state index contributed by atoms with van der Waals surface area (Å²) >= 11 is 0. The molecule has 0 spiro atoms. The fraction of sp³-hybridized carbons (Fsp3) is 0.417. The minimum absolute atomic E-state index is 0.0863. The second-order valence-corrected chi connectivity index (χ2v) is 4.24. The van der Waals surface area contributed by atoms with Crippen LogP contribution >= 0.6 is 0 Å². The van der Waals surface area contributed by atoms with E-state index in [1.54, 1.807) is 13.8 Å². The Morgan fingerprint density at radius 1 is 1.14 bits per heavy atom. The molecule has 0 aliphatic rings. The van der Waals surface area contributed by atoms with Crippen LogP contribution in [0.3, 0.4) is 0 Å². The number of hydrogen-bond acceptors (Lipinski definition) is 6. The van der Waals surface area contributed by atoms with E-state index in [9.17, 15) is 13.2 Å². The minimum Gasteiger partial charge on any atom is -0.370 e. The Morgan fingerprint density at radius 3 is 2.33 bits per heavy atom. The van der Waals surface area contributed by atoms with E-state index in [0.29, 0.717) is 18.3 Å². The minimum atomic E-state index is -4.44. The van der Waals surface area contributed by atoms with Gasteiger partial charge in [-0.05, 0) is 19.1 Å². The molecule has 0 saturated heterocycles. The van der Waals surface area contributed by atoms with Crippen molar-refractivity contribution in [3.05, 3.63) is 29.4 Å². The first-order valence-electron chi connectivity index (χ1n) is 6.24. The second kappa shape index (κ2) is 5.98. The molecule has 0 aliphatic carbocycles. The topological polar surface area (TPSA) is 75.9 Å². The van der Waals surface area contributed by atoms with Crippen molar-refractivity contribution >= 4 is 11.6 Å². The smallest absolute Gasteiger partial charge is 0.370 e. The number of nitrogens with zero attached hydrogens (tertiary/aromatic N) is 3. The summed E-state index contributed by atoms with van der Waals surface area (Å²) in [6.07, 6.45) is -4.44. The largest absolute Gasteiger partial charge is 0.416 e. The summed E-state index contributed by atoms with van der Waals surface area (Å²) in [4.78, 5) is 8.00. The molecule has 2 rings (SSSR count). The summed E-state index contributed by atoms with van der Waals surface area (Å²) in [6, 6.07) is 1.90. The normalized spacial score (nSPS) is 11.5. The molecule has 0 aromatic carbocycles. The lowest BCUT2D eigenvalue weighted by Crippen LogP contribution is -2.11. The molecule has 0 bridgehead atoms. The van der Waals surface area contributed by atoms with Crippen molar-refractivity contribution in [3.8, 4) is 0 Å². The van der Waals surface area contributed by atoms with Gasteiger partial charge in [0.2, 0.25) is 5.89 Å². The molecule has 114 valence electrons. The molecule has 2 N–H and O–H groups in total. The lowest BCUT2D eigenvalue weighted by molar-refractivity contribution is -0.137. The Labute approximate surface area is 118 Å². The first-order valence-corrected chi connectivity index (χ1v) is 6.24. The monoisotopic (exact) mass is 301 g/mol. The van der Waals surface area contributed by atoms with Crippen LogP contribution in [-0.4, -0.2) is 21.7 Å². The van der Waals surface area contributed by atoms with E-state index in [1.165, 1.54) is 0 Å². The Kier molecular flexibility index (Phi) is 4.29. The molecular weight excluding hydrogens is 287 g/mol. The molecule has 0 unspecified atom stereocenters. The summed E-state index contributed by atoms with van der Waals surface area (Å²) in [5.74, 6) is 0.969. The van der Waals surface area contributed by atoms with Crippen LogP contribution in [0.25, 0.3) is 0 Å². The van der Waals surface area contributed by atoms with Gasteiger partial charge in [-0.2, -0.15) is 18.2 Å². The zero-order valence-corrected chi connectivity index (χ0v) is 11.5.